The van der Waals surface area contributed by atoms with E-state index in [-0.39, 0.29) is 17.6 Å². The van der Waals surface area contributed by atoms with Gasteiger partial charge in [-0.3, -0.25) is 4.79 Å². The van der Waals surface area contributed by atoms with Gasteiger partial charge in [-0.1, -0.05) is 6.07 Å². The van der Waals surface area contributed by atoms with Crippen LogP contribution in [0, 0.1) is 11.7 Å². The summed E-state index contributed by atoms with van der Waals surface area (Å²) in [6.45, 7) is 1.13. The summed E-state index contributed by atoms with van der Waals surface area (Å²) in [6, 6.07) is 10.2. The molecule has 2 aromatic carbocycles. The van der Waals surface area contributed by atoms with Crippen LogP contribution < -0.4 is 14.8 Å². The number of benzene rings is 2. The van der Waals surface area contributed by atoms with Gasteiger partial charge in [0, 0.05) is 31.4 Å². The summed E-state index contributed by atoms with van der Waals surface area (Å²) in [5.41, 5.74) is 2.47. The Bertz CT molecular complexity index is 1000. The number of hydrogen-bond acceptors (Lipinski definition) is 4. The second-order valence-electron chi connectivity index (χ2n) is 7.00. The van der Waals surface area contributed by atoms with Crippen LogP contribution in [0.5, 0.6) is 11.5 Å². The third-order valence-electron chi connectivity index (χ3n) is 4.93. The average Bonchev–Trinajstić information content (AvgIpc) is 3.12. The molecule has 1 atom stereocenters. The first-order chi connectivity index (χ1) is 13.6. The van der Waals surface area contributed by atoms with E-state index in [1.165, 1.54) is 12.1 Å². The highest BCUT2D eigenvalue weighted by atomic mass is 19.1. The number of nitrogens with zero attached hydrogens (tertiary/aromatic N) is 1. The van der Waals surface area contributed by atoms with Gasteiger partial charge in [-0.15, -0.1) is 0 Å². The number of nitrogens with one attached hydrogen (secondary N) is 2. The molecule has 28 heavy (non-hydrogen) atoms. The zero-order chi connectivity index (χ0) is 19.5. The van der Waals surface area contributed by atoms with Gasteiger partial charge in [0.05, 0.1) is 24.8 Å². The SMILES string of the molecule is COc1ccc2c(c1)OC[C@H](CNC(=O)CCc1nc3ccc(F)cc3[nH]1)C2. The van der Waals surface area contributed by atoms with Crippen molar-refractivity contribution in [1.82, 2.24) is 15.3 Å². The number of H-pyrrole nitrogens is 1. The molecule has 2 N–H and O–H groups in total. The van der Waals surface area contributed by atoms with E-state index >= 15 is 0 Å². The summed E-state index contributed by atoms with van der Waals surface area (Å²) in [5, 5.41) is 2.97. The Kier molecular flexibility index (Phi) is 5.14. The highest BCUT2D eigenvalue weighted by Crippen LogP contribution is 2.30. The van der Waals surface area contributed by atoms with E-state index in [2.05, 4.69) is 15.3 Å². The summed E-state index contributed by atoms with van der Waals surface area (Å²) >= 11 is 0. The molecule has 7 heteroatoms. The van der Waals surface area contributed by atoms with Crippen molar-refractivity contribution in [2.24, 2.45) is 5.92 Å². The Hall–Kier alpha value is -3.09. The number of fused-ring (bicyclic) bond motifs is 2. The van der Waals surface area contributed by atoms with Crippen molar-refractivity contribution in [2.75, 3.05) is 20.3 Å². The molecule has 2 heterocycles. The molecule has 1 aliphatic heterocycles. The first-order valence-corrected chi connectivity index (χ1v) is 9.31. The lowest BCUT2D eigenvalue weighted by Crippen LogP contribution is -2.34. The van der Waals surface area contributed by atoms with Crippen LogP contribution >= 0.6 is 0 Å². The molecule has 4 rings (SSSR count). The maximum Gasteiger partial charge on any atom is 0.220 e. The molecule has 3 aromatic rings. The monoisotopic (exact) mass is 383 g/mol. The summed E-state index contributed by atoms with van der Waals surface area (Å²) in [5.74, 6) is 2.20. The number of aryl methyl sites for hydroxylation is 1. The van der Waals surface area contributed by atoms with E-state index in [1.807, 2.05) is 18.2 Å². The second kappa shape index (κ2) is 7.88. The predicted molar refractivity (Wildman–Crippen MR) is 103 cm³/mol. The fraction of sp³-hybridized carbons (Fsp3) is 0.333. The minimum Gasteiger partial charge on any atom is -0.497 e. The first-order valence-electron chi connectivity index (χ1n) is 9.31. The number of aromatic nitrogens is 2. The molecule has 0 saturated carbocycles. The third kappa shape index (κ3) is 4.08. The number of methoxy groups -OCH3 is 1. The summed E-state index contributed by atoms with van der Waals surface area (Å²) in [7, 11) is 1.63. The van der Waals surface area contributed by atoms with Crippen LogP contribution in [0.15, 0.2) is 36.4 Å². The summed E-state index contributed by atoms with van der Waals surface area (Å²) < 4.78 is 24.3. The molecular weight excluding hydrogens is 361 g/mol. The smallest absolute Gasteiger partial charge is 0.220 e. The fourth-order valence-electron chi connectivity index (χ4n) is 3.41. The van der Waals surface area contributed by atoms with Crippen LogP contribution in [0.1, 0.15) is 17.8 Å². The molecule has 0 spiro atoms. The van der Waals surface area contributed by atoms with Crippen molar-refractivity contribution in [3.8, 4) is 11.5 Å². The Morgan fingerprint density at radius 3 is 3.11 bits per heavy atom. The molecule has 1 amide bonds. The fourth-order valence-corrected chi connectivity index (χ4v) is 3.41. The zero-order valence-corrected chi connectivity index (χ0v) is 15.6. The van der Waals surface area contributed by atoms with E-state index in [0.29, 0.717) is 42.9 Å². The van der Waals surface area contributed by atoms with Crippen LogP contribution in [0.4, 0.5) is 4.39 Å². The van der Waals surface area contributed by atoms with Gasteiger partial charge >= 0.3 is 0 Å². The maximum absolute atomic E-state index is 13.2. The van der Waals surface area contributed by atoms with Crippen LogP contribution in [-0.2, 0) is 17.6 Å². The number of aromatic amines is 1. The highest BCUT2D eigenvalue weighted by molar-refractivity contribution is 5.77. The quantitative estimate of drug-likeness (QED) is 0.686. The number of ether oxygens (including phenoxy) is 2. The molecule has 146 valence electrons. The maximum atomic E-state index is 13.2. The number of amides is 1. The van der Waals surface area contributed by atoms with Crippen LogP contribution in [0.25, 0.3) is 11.0 Å². The second-order valence-corrected chi connectivity index (χ2v) is 7.00. The van der Waals surface area contributed by atoms with Gasteiger partial charge in [-0.25, -0.2) is 9.37 Å². The van der Waals surface area contributed by atoms with E-state index in [9.17, 15) is 9.18 Å². The van der Waals surface area contributed by atoms with Crippen LogP contribution in [0.2, 0.25) is 0 Å². The topological polar surface area (TPSA) is 76.2 Å². The van der Waals surface area contributed by atoms with E-state index in [4.69, 9.17) is 9.47 Å². The Morgan fingerprint density at radius 2 is 2.25 bits per heavy atom. The Balaban J connectivity index is 1.26. The van der Waals surface area contributed by atoms with Crippen molar-refractivity contribution in [1.29, 1.82) is 0 Å². The van der Waals surface area contributed by atoms with Gasteiger partial charge in [0.2, 0.25) is 5.91 Å². The van der Waals surface area contributed by atoms with Crippen molar-refractivity contribution in [3.05, 3.63) is 53.6 Å². The van der Waals surface area contributed by atoms with Gasteiger partial charge in [0.15, 0.2) is 0 Å². The molecule has 0 aliphatic carbocycles. The van der Waals surface area contributed by atoms with Crippen LogP contribution in [0.3, 0.4) is 0 Å². The Labute approximate surface area is 162 Å². The number of carbonyl (C=O) groups is 1. The Morgan fingerprint density at radius 1 is 1.36 bits per heavy atom. The number of carbonyl (C=O) groups excluding carboxylic acids is 1. The molecular formula is C21H22FN3O3. The van der Waals surface area contributed by atoms with Crippen molar-refractivity contribution in [2.45, 2.75) is 19.3 Å². The molecule has 0 unspecified atom stereocenters. The van der Waals surface area contributed by atoms with Gasteiger partial charge in [0.25, 0.3) is 0 Å². The summed E-state index contributed by atoms with van der Waals surface area (Å²) in [4.78, 5) is 19.6. The van der Waals surface area contributed by atoms with Crippen molar-refractivity contribution < 1.29 is 18.7 Å². The predicted octanol–water partition coefficient (Wildman–Crippen LogP) is 3.01. The van der Waals surface area contributed by atoms with Crippen LogP contribution in [-0.4, -0.2) is 36.1 Å². The van der Waals surface area contributed by atoms with E-state index in [1.54, 1.807) is 13.2 Å². The number of hydrogen-bond donors (Lipinski definition) is 2. The van der Waals surface area contributed by atoms with Gasteiger partial charge in [-0.05, 0) is 36.2 Å². The van der Waals surface area contributed by atoms with E-state index in [0.717, 1.165) is 23.5 Å². The highest BCUT2D eigenvalue weighted by Gasteiger charge is 2.21. The lowest BCUT2D eigenvalue weighted by atomic mass is 9.96. The molecule has 1 aliphatic rings. The first kappa shape index (κ1) is 18.3. The number of halogens is 1. The normalized spacial score (nSPS) is 15.7. The van der Waals surface area contributed by atoms with Gasteiger partial charge < -0.3 is 19.8 Å². The third-order valence-corrected chi connectivity index (χ3v) is 4.93. The molecule has 0 saturated heterocycles. The zero-order valence-electron chi connectivity index (χ0n) is 15.6. The van der Waals surface area contributed by atoms with Crippen molar-refractivity contribution in [3.63, 3.8) is 0 Å². The number of imidazole rings is 1. The van der Waals surface area contributed by atoms with Crippen molar-refractivity contribution >= 4 is 16.9 Å². The summed E-state index contributed by atoms with van der Waals surface area (Å²) in [6.07, 6.45) is 1.66. The molecule has 6 nitrogen and oxygen atoms in total. The standard InChI is InChI=1S/C21H22FN3O3/c1-27-16-4-2-14-8-13(12-28-19(14)10-16)11-23-21(26)7-6-20-24-17-5-3-15(22)9-18(17)25-20/h2-5,9-10,13H,6-8,11-12H2,1H3,(H,23,26)(H,24,25)/t13-/m0/s1. The molecule has 0 bridgehead atoms. The van der Waals surface area contributed by atoms with Gasteiger partial charge in [-0.2, -0.15) is 0 Å². The molecule has 0 fully saturated rings. The number of rotatable bonds is 6. The largest absolute Gasteiger partial charge is 0.497 e. The minimum absolute atomic E-state index is 0.0350. The lowest BCUT2D eigenvalue weighted by molar-refractivity contribution is -0.121. The lowest BCUT2D eigenvalue weighted by Gasteiger charge is -2.25. The molecule has 1 aromatic heterocycles. The molecule has 0 radical (unpaired) electrons. The van der Waals surface area contributed by atoms with E-state index < -0.39 is 0 Å². The average molecular weight is 383 g/mol. The van der Waals surface area contributed by atoms with Gasteiger partial charge in [0.1, 0.15) is 23.1 Å². The minimum atomic E-state index is -0.310.